The number of nitrogens with zero attached hydrogens (tertiary/aromatic N) is 1. The molecule has 0 aliphatic carbocycles. The summed E-state index contributed by atoms with van der Waals surface area (Å²) in [6.07, 6.45) is 1.50. The molecule has 0 fully saturated rings. The molecule has 1 rings (SSSR count). The van der Waals surface area contributed by atoms with Crippen molar-refractivity contribution in [3.8, 4) is 0 Å². The van der Waals surface area contributed by atoms with Crippen LogP contribution in [0.4, 0.5) is 0 Å². The van der Waals surface area contributed by atoms with Gasteiger partial charge in [0.2, 0.25) is 0 Å². The molecule has 0 radical (unpaired) electrons. The summed E-state index contributed by atoms with van der Waals surface area (Å²) in [5, 5.41) is 0. The van der Waals surface area contributed by atoms with E-state index in [9.17, 15) is 4.79 Å². The van der Waals surface area contributed by atoms with Crippen molar-refractivity contribution in [2.75, 3.05) is 14.1 Å². The van der Waals surface area contributed by atoms with Gasteiger partial charge in [0, 0.05) is 6.42 Å². The van der Waals surface area contributed by atoms with E-state index in [0.29, 0.717) is 6.42 Å². The Morgan fingerprint density at radius 3 is 2.19 bits per heavy atom. The van der Waals surface area contributed by atoms with Crippen molar-refractivity contribution < 1.29 is 4.79 Å². The predicted octanol–water partition coefficient (Wildman–Crippen LogP) is 2.83. The fourth-order valence-electron chi connectivity index (χ4n) is 2.32. The molecule has 0 N–H and O–H groups in total. The minimum Gasteiger partial charge on any atom is -0.300 e. The van der Waals surface area contributed by atoms with Gasteiger partial charge in [-0.3, -0.25) is 9.69 Å². The molecular weight excluding hydrogens is 198 g/mol. The second kappa shape index (κ2) is 5.26. The van der Waals surface area contributed by atoms with Crippen LogP contribution in [0.15, 0.2) is 30.3 Å². The lowest BCUT2D eigenvalue weighted by Crippen LogP contribution is -2.42. The lowest BCUT2D eigenvalue weighted by atomic mass is 9.82. The molecule has 1 aromatic carbocycles. The second-order valence-electron chi connectivity index (χ2n) is 4.52. The molecule has 2 nitrogen and oxygen atoms in total. The highest BCUT2D eigenvalue weighted by molar-refractivity contribution is 5.77. The van der Waals surface area contributed by atoms with E-state index in [1.807, 2.05) is 32.3 Å². The summed E-state index contributed by atoms with van der Waals surface area (Å²) in [6.45, 7) is 3.80. The average molecular weight is 219 g/mol. The molecule has 0 aliphatic heterocycles. The predicted molar refractivity (Wildman–Crippen MR) is 67.4 cm³/mol. The Labute approximate surface area is 98.3 Å². The Morgan fingerprint density at radius 1 is 1.25 bits per heavy atom. The number of Topliss-reactive ketones (excluding diaryl/α,β-unsaturated/α-hetero) is 1. The standard InChI is InChI=1S/C14H21NO/c1-5-14(15(3)4,11-12(2)16)13-9-7-6-8-10-13/h6-10H,5,11H2,1-4H3. The van der Waals surface area contributed by atoms with E-state index >= 15 is 0 Å². The largest absolute Gasteiger partial charge is 0.300 e. The SMILES string of the molecule is CCC(CC(C)=O)(c1ccccc1)N(C)C. The third-order valence-electron chi connectivity index (χ3n) is 3.29. The number of rotatable bonds is 5. The van der Waals surface area contributed by atoms with E-state index < -0.39 is 0 Å². The van der Waals surface area contributed by atoms with E-state index in [0.717, 1.165) is 6.42 Å². The van der Waals surface area contributed by atoms with Crippen LogP contribution < -0.4 is 0 Å². The van der Waals surface area contributed by atoms with Crippen LogP contribution in [0.25, 0.3) is 0 Å². The second-order valence-corrected chi connectivity index (χ2v) is 4.52. The maximum atomic E-state index is 11.5. The summed E-state index contributed by atoms with van der Waals surface area (Å²) in [5.41, 5.74) is 1.06. The Bertz CT molecular complexity index is 345. The number of carbonyl (C=O) groups is 1. The van der Waals surface area contributed by atoms with Crippen molar-refractivity contribution in [2.24, 2.45) is 0 Å². The van der Waals surface area contributed by atoms with Crippen molar-refractivity contribution in [1.82, 2.24) is 4.90 Å². The van der Waals surface area contributed by atoms with Crippen molar-refractivity contribution >= 4 is 5.78 Å². The third-order valence-corrected chi connectivity index (χ3v) is 3.29. The van der Waals surface area contributed by atoms with Crippen LogP contribution in [0.2, 0.25) is 0 Å². The first-order valence-corrected chi connectivity index (χ1v) is 5.75. The summed E-state index contributed by atoms with van der Waals surface area (Å²) in [6, 6.07) is 10.3. The average Bonchev–Trinajstić information content (AvgIpc) is 2.26. The van der Waals surface area contributed by atoms with Crippen LogP contribution in [0.1, 0.15) is 32.3 Å². The van der Waals surface area contributed by atoms with Crippen molar-refractivity contribution in [1.29, 1.82) is 0 Å². The van der Waals surface area contributed by atoms with E-state index in [4.69, 9.17) is 0 Å². The van der Waals surface area contributed by atoms with Gasteiger partial charge >= 0.3 is 0 Å². The fraction of sp³-hybridized carbons (Fsp3) is 0.500. The lowest BCUT2D eigenvalue weighted by molar-refractivity contribution is -0.119. The van der Waals surface area contributed by atoms with Crippen LogP contribution in [0, 0.1) is 0 Å². The molecular formula is C14H21NO. The molecule has 1 atom stereocenters. The molecule has 0 spiro atoms. The fourth-order valence-corrected chi connectivity index (χ4v) is 2.32. The highest BCUT2D eigenvalue weighted by atomic mass is 16.1. The summed E-state index contributed by atoms with van der Waals surface area (Å²) in [4.78, 5) is 13.6. The monoisotopic (exact) mass is 219 g/mol. The van der Waals surface area contributed by atoms with Crippen LogP contribution in [0.3, 0.4) is 0 Å². The maximum Gasteiger partial charge on any atom is 0.132 e. The zero-order valence-electron chi connectivity index (χ0n) is 10.7. The summed E-state index contributed by atoms with van der Waals surface area (Å²) >= 11 is 0. The molecule has 1 aromatic rings. The number of ketones is 1. The van der Waals surface area contributed by atoms with Crippen LogP contribution in [-0.4, -0.2) is 24.8 Å². The first-order chi connectivity index (χ1) is 7.53. The molecule has 0 bridgehead atoms. The first kappa shape index (κ1) is 12.9. The molecule has 2 heteroatoms. The topological polar surface area (TPSA) is 20.3 Å². The Morgan fingerprint density at radius 2 is 1.81 bits per heavy atom. The Hall–Kier alpha value is -1.15. The van der Waals surface area contributed by atoms with Crippen molar-refractivity contribution in [3.05, 3.63) is 35.9 Å². The van der Waals surface area contributed by atoms with Crippen LogP contribution in [-0.2, 0) is 10.3 Å². The van der Waals surface area contributed by atoms with E-state index in [-0.39, 0.29) is 11.3 Å². The van der Waals surface area contributed by atoms with Gasteiger partial charge in [0.1, 0.15) is 5.78 Å². The van der Waals surface area contributed by atoms with E-state index in [1.165, 1.54) is 5.56 Å². The van der Waals surface area contributed by atoms with Crippen LogP contribution >= 0.6 is 0 Å². The summed E-state index contributed by atoms with van der Waals surface area (Å²) < 4.78 is 0. The van der Waals surface area contributed by atoms with Gasteiger partial charge in [-0.05, 0) is 33.0 Å². The molecule has 16 heavy (non-hydrogen) atoms. The zero-order valence-corrected chi connectivity index (χ0v) is 10.7. The third kappa shape index (κ3) is 2.50. The van der Waals surface area contributed by atoms with Gasteiger partial charge in [-0.15, -0.1) is 0 Å². The number of benzene rings is 1. The van der Waals surface area contributed by atoms with Gasteiger partial charge in [0.25, 0.3) is 0 Å². The van der Waals surface area contributed by atoms with Crippen molar-refractivity contribution in [3.63, 3.8) is 0 Å². The molecule has 0 heterocycles. The Kier molecular flexibility index (Phi) is 4.25. The minimum absolute atomic E-state index is 0.160. The highest BCUT2D eigenvalue weighted by Gasteiger charge is 2.33. The van der Waals surface area contributed by atoms with Gasteiger partial charge in [0.05, 0.1) is 5.54 Å². The van der Waals surface area contributed by atoms with Gasteiger partial charge in [0.15, 0.2) is 0 Å². The molecule has 0 saturated carbocycles. The molecule has 1 unspecified atom stereocenters. The number of hydrogen-bond acceptors (Lipinski definition) is 2. The molecule has 88 valence electrons. The molecule has 0 saturated heterocycles. The minimum atomic E-state index is -0.160. The highest BCUT2D eigenvalue weighted by Crippen LogP contribution is 2.33. The molecule has 0 aliphatic rings. The summed E-state index contributed by atoms with van der Waals surface area (Å²) in [5.74, 6) is 0.236. The molecule has 0 aromatic heterocycles. The van der Waals surface area contributed by atoms with Gasteiger partial charge in [-0.2, -0.15) is 0 Å². The Balaban J connectivity index is 3.17. The molecule has 0 amide bonds. The van der Waals surface area contributed by atoms with Gasteiger partial charge < -0.3 is 0 Å². The quantitative estimate of drug-likeness (QED) is 0.759. The number of hydrogen-bond donors (Lipinski definition) is 0. The number of carbonyl (C=O) groups excluding carboxylic acids is 1. The van der Waals surface area contributed by atoms with E-state index in [2.05, 4.69) is 24.0 Å². The van der Waals surface area contributed by atoms with Crippen LogP contribution in [0.5, 0.6) is 0 Å². The zero-order chi connectivity index (χ0) is 12.2. The maximum absolute atomic E-state index is 11.5. The van der Waals surface area contributed by atoms with E-state index in [1.54, 1.807) is 6.92 Å². The first-order valence-electron chi connectivity index (χ1n) is 5.75. The smallest absolute Gasteiger partial charge is 0.132 e. The van der Waals surface area contributed by atoms with Crippen molar-refractivity contribution in [2.45, 2.75) is 32.2 Å². The van der Waals surface area contributed by atoms with Gasteiger partial charge in [-0.1, -0.05) is 37.3 Å². The summed E-state index contributed by atoms with van der Waals surface area (Å²) in [7, 11) is 4.08. The normalized spacial score (nSPS) is 14.8. The lowest BCUT2D eigenvalue weighted by Gasteiger charge is -2.39. The van der Waals surface area contributed by atoms with Gasteiger partial charge in [-0.25, -0.2) is 0 Å².